The van der Waals surface area contributed by atoms with Gasteiger partial charge in [0, 0.05) is 43.3 Å². The summed E-state index contributed by atoms with van der Waals surface area (Å²) in [6, 6.07) is 30.2. The van der Waals surface area contributed by atoms with Crippen molar-refractivity contribution in [1.29, 1.82) is 0 Å². The van der Waals surface area contributed by atoms with E-state index in [4.69, 9.17) is 14.2 Å². The summed E-state index contributed by atoms with van der Waals surface area (Å²) in [5.74, 6) is 2.09. The maximum absolute atomic E-state index is 12.8. The Bertz CT molecular complexity index is 1630. The molecule has 0 saturated carbocycles. The smallest absolute Gasteiger partial charge is 0.270 e. The van der Waals surface area contributed by atoms with Crippen molar-refractivity contribution < 1.29 is 19.0 Å². The maximum atomic E-state index is 12.8. The van der Waals surface area contributed by atoms with Crippen LogP contribution in [0.1, 0.15) is 37.9 Å². The molecule has 2 heterocycles. The third kappa shape index (κ3) is 9.63. The fourth-order valence-electron chi connectivity index (χ4n) is 4.85. The van der Waals surface area contributed by atoms with E-state index < -0.39 is 0 Å². The molecule has 9 heteroatoms. The first kappa shape index (κ1) is 31.7. The van der Waals surface area contributed by atoms with Crippen molar-refractivity contribution in [3.8, 4) is 17.2 Å². The summed E-state index contributed by atoms with van der Waals surface area (Å²) in [5.41, 5.74) is 4.83. The number of benzene rings is 3. The predicted molar refractivity (Wildman–Crippen MR) is 177 cm³/mol. The van der Waals surface area contributed by atoms with Crippen LogP contribution in [0.4, 0.5) is 0 Å². The van der Waals surface area contributed by atoms with Crippen molar-refractivity contribution in [2.75, 3.05) is 27.3 Å². The molecular weight excluding hydrogens is 584 g/mol. The minimum Gasteiger partial charge on any atom is -0.493 e. The zero-order valence-corrected chi connectivity index (χ0v) is 26.5. The van der Waals surface area contributed by atoms with Gasteiger partial charge in [0.25, 0.3) is 5.91 Å². The molecular formula is C36H38N4O4S. The number of hydrogen-bond acceptors (Lipinski definition) is 8. The van der Waals surface area contributed by atoms with Gasteiger partial charge in [-0.05, 0) is 59.5 Å². The molecule has 5 rings (SSSR count). The van der Waals surface area contributed by atoms with Gasteiger partial charge >= 0.3 is 0 Å². The number of nitrogens with zero attached hydrogens (tertiary/aromatic N) is 3. The standard InChI is InChI=1S/C36H38N4O4S/c1-42-33-16-13-27(22-34(33)43-2)18-21-40(23-28-11-14-31(15-12-28)44-25-29-8-4-3-5-9-29)24-35-39-32(26-45-35)36(41)38-20-17-30-10-6-7-19-37-30/h3-16,19,22,26H,17-18,20-21,23-25H2,1-2H3,(H,38,41). The molecule has 0 fully saturated rings. The first-order chi connectivity index (χ1) is 22.1. The summed E-state index contributed by atoms with van der Waals surface area (Å²) in [5, 5.41) is 5.68. The first-order valence-corrected chi connectivity index (χ1v) is 15.8. The minimum absolute atomic E-state index is 0.170. The van der Waals surface area contributed by atoms with Crippen LogP contribution in [0.5, 0.6) is 17.2 Å². The highest BCUT2D eigenvalue weighted by Gasteiger charge is 2.15. The van der Waals surface area contributed by atoms with Crippen LogP contribution >= 0.6 is 11.3 Å². The highest BCUT2D eigenvalue weighted by Crippen LogP contribution is 2.28. The van der Waals surface area contributed by atoms with Crippen molar-refractivity contribution in [2.24, 2.45) is 0 Å². The van der Waals surface area contributed by atoms with Gasteiger partial charge < -0.3 is 19.5 Å². The number of thiazole rings is 1. The summed E-state index contributed by atoms with van der Waals surface area (Å²) in [7, 11) is 3.29. The number of methoxy groups -OCH3 is 2. The van der Waals surface area contributed by atoms with E-state index in [0.29, 0.717) is 43.3 Å². The summed E-state index contributed by atoms with van der Waals surface area (Å²) < 4.78 is 16.9. The molecule has 0 unspecified atom stereocenters. The molecule has 0 aliphatic heterocycles. The largest absolute Gasteiger partial charge is 0.493 e. The van der Waals surface area contributed by atoms with Crippen LogP contribution in [0, 0.1) is 0 Å². The lowest BCUT2D eigenvalue weighted by atomic mass is 10.1. The Hall–Kier alpha value is -4.73. The number of amides is 1. The van der Waals surface area contributed by atoms with Gasteiger partial charge in [-0.3, -0.25) is 14.7 Å². The van der Waals surface area contributed by atoms with E-state index in [1.165, 1.54) is 16.9 Å². The lowest BCUT2D eigenvalue weighted by Crippen LogP contribution is -2.27. The highest BCUT2D eigenvalue weighted by atomic mass is 32.1. The van der Waals surface area contributed by atoms with Crippen molar-refractivity contribution in [3.63, 3.8) is 0 Å². The van der Waals surface area contributed by atoms with Gasteiger partial charge in [-0.1, -0.05) is 54.6 Å². The van der Waals surface area contributed by atoms with Crippen LogP contribution in [0.3, 0.4) is 0 Å². The Morgan fingerprint density at radius 2 is 1.60 bits per heavy atom. The van der Waals surface area contributed by atoms with Crippen LogP contribution in [0.2, 0.25) is 0 Å². The molecule has 0 atom stereocenters. The molecule has 45 heavy (non-hydrogen) atoms. The molecule has 0 spiro atoms. The number of nitrogens with one attached hydrogen (secondary N) is 1. The quantitative estimate of drug-likeness (QED) is 0.137. The number of aromatic nitrogens is 2. The van der Waals surface area contributed by atoms with Crippen molar-refractivity contribution >= 4 is 17.2 Å². The van der Waals surface area contributed by atoms with E-state index >= 15 is 0 Å². The summed E-state index contributed by atoms with van der Waals surface area (Å²) >= 11 is 1.50. The third-order valence-corrected chi connectivity index (χ3v) is 8.11. The lowest BCUT2D eigenvalue weighted by Gasteiger charge is -2.22. The second kappa shape index (κ2) is 16.4. The molecule has 0 bridgehead atoms. The second-order valence-electron chi connectivity index (χ2n) is 10.5. The summed E-state index contributed by atoms with van der Waals surface area (Å²) in [4.78, 5) is 24.1. The monoisotopic (exact) mass is 622 g/mol. The first-order valence-electron chi connectivity index (χ1n) is 14.9. The van der Waals surface area contributed by atoms with Gasteiger partial charge in [0.2, 0.25) is 0 Å². The predicted octanol–water partition coefficient (Wildman–Crippen LogP) is 6.35. The molecule has 3 aromatic carbocycles. The van der Waals surface area contributed by atoms with Gasteiger partial charge in [0.15, 0.2) is 11.5 Å². The van der Waals surface area contributed by atoms with Gasteiger partial charge in [0.1, 0.15) is 23.1 Å². The van der Waals surface area contributed by atoms with Crippen LogP contribution in [0.15, 0.2) is 103 Å². The van der Waals surface area contributed by atoms with Crippen LogP contribution < -0.4 is 19.5 Å². The van der Waals surface area contributed by atoms with E-state index in [1.807, 2.05) is 66.0 Å². The normalized spacial score (nSPS) is 10.9. The van der Waals surface area contributed by atoms with Crippen molar-refractivity contribution in [2.45, 2.75) is 32.5 Å². The fraction of sp³-hybridized carbons (Fsp3) is 0.250. The van der Waals surface area contributed by atoms with E-state index in [-0.39, 0.29) is 5.91 Å². The summed E-state index contributed by atoms with van der Waals surface area (Å²) in [6.45, 7) is 3.15. The average Bonchev–Trinajstić information content (AvgIpc) is 3.56. The second-order valence-corrected chi connectivity index (χ2v) is 11.5. The van der Waals surface area contributed by atoms with Crippen LogP contribution in [-0.4, -0.2) is 48.1 Å². The molecule has 232 valence electrons. The molecule has 8 nitrogen and oxygen atoms in total. The molecule has 0 saturated heterocycles. The van der Waals surface area contributed by atoms with E-state index in [9.17, 15) is 4.79 Å². The number of carbonyl (C=O) groups excluding carboxylic acids is 1. The lowest BCUT2D eigenvalue weighted by molar-refractivity contribution is 0.0949. The van der Waals surface area contributed by atoms with E-state index in [2.05, 4.69) is 50.5 Å². The Balaban J connectivity index is 1.22. The van der Waals surface area contributed by atoms with E-state index in [0.717, 1.165) is 47.1 Å². The number of hydrogen-bond donors (Lipinski definition) is 1. The SMILES string of the molecule is COc1ccc(CCN(Cc2ccc(OCc3ccccc3)cc2)Cc2nc(C(=O)NCCc3ccccn3)cs2)cc1OC. The maximum Gasteiger partial charge on any atom is 0.270 e. The van der Waals surface area contributed by atoms with Gasteiger partial charge in [-0.2, -0.15) is 0 Å². The molecule has 1 N–H and O–H groups in total. The number of pyridine rings is 1. The highest BCUT2D eigenvalue weighted by molar-refractivity contribution is 7.09. The Morgan fingerprint density at radius 3 is 2.36 bits per heavy atom. The molecule has 5 aromatic rings. The molecule has 1 amide bonds. The number of carbonyl (C=O) groups is 1. The topological polar surface area (TPSA) is 85.8 Å². The molecule has 0 aliphatic rings. The van der Waals surface area contributed by atoms with Gasteiger partial charge in [0.05, 0.1) is 20.8 Å². The molecule has 2 aromatic heterocycles. The molecule has 0 radical (unpaired) electrons. The average molecular weight is 623 g/mol. The fourth-order valence-corrected chi connectivity index (χ4v) is 5.66. The Morgan fingerprint density at radius 1 is 0.822 bits per heavy atom. The zero-order chi connectivity index (χ0) is 31.3. The van der Waals surface area contributed by atoms with Crippen molar-refractivity contribution in [1.82, 2.24) is 20.2 Å². The van der Waals surface area contributed by atoms with Crippen LogP contribution in [0.25, 0.3) is 0 Å². The van der Waals surface area contributed by atoms with E-state index in [1.54, 1.807) is 20.4 Å². The number of ether oxygens (including phenoxy) is 3. The Labute approximate surface area is 268 Å². The zero-order valence-electron chi connectivity index (χ0n) is 25.6. The summed E-state index contributed by atoms with van der Waals surface area (Å²) in [6.07, 6.45) is 3.24. The molecule has 0 aliphatic carbocycles. The number of rotatable bonds is 16. The van der Waals surface area contributed by atoms with Crippen molar-refractivity contribution in [3.05, 3.63) is 136 Å². The van der Waals surface area contributed by atoms with Gasteiger partial charge in [-0.15, -0.1) is 11.3 Å². The van der Waals surface area contributed by atoms with Gasteiger partial charge in [-0.25, -0.2) is 4.98 Å². The third-order valence-electron chi connectivity index (χ3n) is 7.28. The Kier molecular flexibility index (Phi) is 11.5. The van der Waals surface area contributed by atoms with Crippen LogP contribution in [-0.2, 0) is 32.5 Å². The minimum atomic E-state index is -0.170.